The summed E-state index contributed by atoms with van der Waals surface area (Å²) in [4.78, 5) is 35.2. The molecule has 1 aromatic carbocycles. The zero-order valence-corrected chi connectivity index (χ0v) is 10.8. The number of amides is 2. The van der Waals surface area contributed by atoms with E-state index < -0.39 is 5.97 Å². The molecule has 0 saturated carbocycles. The topological polar surface area (TPSA) is 99.1 Å². The van der Waals surface area contributed by atoms with Gasteiger partial charge in [0.15, 0.2) is 0 Å². The number of carboxylic acids is 1. The first kappa shape index (κ1) is 13.7. The highest BCUT2D eigenvalue weighted by atomic mass is 16.4. The fraction of sp³-hybridized carbons (Fsp3) is 0.231. The van der Waals surface area contributed by atoms with Gasteiger partial charge >= 0.3 is 5.97 Å². The van der Waals surface area contributed by atoms with Gasteiger partial charge in [-0.2, -0.15) is 5.10 Å². The highest BCUT2D eigenvalue weighted by Gasteiger charge is 2.22. The van der Waals surface area contributed by atoms with Gasteiger partial charge in [-0.3, -0.25) is 9.59 Å². The van der Waals surface area contributed by atoms with Crippen molar-refractivity contribution in [2.45, 2.75) is 12.8 Å². The van der Waals surface area contributed by atoms with E-state index in [0.29, 0.717) is 12.1 Å². The number of nitrogens with zero attached hydrogens (tertiary/aromatic N) is 2. The zero-order valence-electron chi connectivity index (χ0n) is 10.8. The molecule has 0 fully saturated rings. The molecule has 0 bridgehead atoms. The number of carbonyl (C=O) groups is 3. The molecule has 1 aliphatic rings. The number of hydrazone groups is 1. The van der Waals surface area contributed by atoms with Crippen LogP contribution in [0.3, 0.4) is 0 Å². The molecule has 1 aliphatic heterocycles. The maximum absolute atomic E-state index is 12.2. The van der Waals surface area contributed by atoms with Gasteiger partial charge in [0.1, 0.15) is 5.71 Å². The van der Waals surface area contributed by atoms with Crippen LogP contribution in [0.2, 0.25) is 0 Å². The number of hydrogen-bond acceptors (Lipinski definition) is 4. The molecule has 20 heavy (non-hydrogen) atoms. The highest BCUT2D eigenvalue weighted by Crippen LogP contribution is 2.15. The Bertz CT molecular complexity index is 592. The number of aromatic carboxylic acids is 1. The lowest BCUT2D eigenvalue weighted by Crippen LogP contribution is -2.38. The van der Waals surface area contributed by atoms with Gasteiger partial charge in [0, 0.05) is 25.6 Å². The van der Waals surface area contributed by atoms with Gasteiger partial charge in [0.05, 0.1) is 5.56 Å². The van der Waals surface area contributed by atoms with Crippen LogP contribution < -0.4 is 10.3 Å². The van der Waals surface area contributed by atoms with Gasteiger partial charge in [-0.25, -0.2) is 10.2 Å². The molecule has 2 rings (SSSR count). The molecule has 2 N–H and O–H groups in total. The van der Waals surface area contributed by atoms with E-state index in [2.05, 4.69) is 10.5 Å². The maximum atomic E-state index is 12.2. The Morgan fingerprint density at radius 1 is 1.25 bits per heavy atom. The summed E-state index contributed by atoms with van der Waals surface area (Å²) in [7, 11) is 1.57. The van der Waals surface area contributed by atoms with Crippen molar-refractivity contribution in [1.82, 2.24) is 5.43 Å². The van der Waals surface area contributed by atoms with Crippen molar-refractivity contribution in [2.75, 3.05) is 11.9 Å². The molecule has 0 saturated heterocycles. The van der Waals surface area contributed by atoms with Crippen molar-refractivity contribution in [3.63, 3.8) is 0 Å². The Morgan fingerprint density at radius 2 is 1.90 bits per heavy atom. The van der Waals surface area contributed by atoms with Crippen LogP contribution in [0.5, 0.6) is 0 Å². The van der Waals surface area contributed by atoms with E-state index in [4.69, 9.17) is 5.11 Å². The maximum Gasteiger partial charge on any atom is 0.335 e. The standard InChI is InChI=1S/C13H13N3O4/c1-16(9-4-2-8(3-5-9)13(19)20)12(18)10-6-7-11(17)15-14-10/h2-5H,6-7H2,1H3,(H,15,17)(H,19,20). The van der Waals surface area contributed by atoms with Gasteiger partial charge in [-0.05, 0) is 24.3 Å². The SMILES string of the molecule is CN(C(=O)C1=NNC(=O)CC1)c1ccc(C(=O)O)cc1. The number of benzene rings is 1. The Morgan fingerprint density at radius 3 is 2.40 bits per heavy atom. The minimum Gasteiger partial charge on any atom is -0.478 e. The number of rotatable bonds is 3. The third kappa shape index (κ3) is 2.82. The normalized spacial score (nSPS) is 14.2. The minimum atomic E-state index is -1.02. The van der Waals surface area contributed by atoms with Crippen molar-refractivity contribution in [3.05, 3.63) is 29.8 Å². The average molecular weight is 275 g/mol. The summed E-state index contributed by atoms with van der Waals surface area (Å²) in [6, 6.07) is 5.93. The minimum absolute atomic E-state index is 0.150. The van der Waals surface area contributed by atoms with E-state index in [1.165, 1.54) is 17.0 Å². The monoisotopic (exact) mass is 275 g/mol. The molecule has 0 unspecified atom stereocenters. The quantitative estimate of drug-likeness (QED) is 0.844. The lowest BCUT2D eigenvalue weighted by Gasteiger charge is -2.20. The van der Waals surface area contributed by atoms with Crippen LogP contribution in [0.25, 0.3) is 0 Å². The number of nitrogens with one attached hydrogen (secondary N) is 1. The van der Waals surface area contributed by atoms with Gasteiger partial charge in [0.2, 0.25) is 5.91 Å². The molecule has 0 radical (unpaired) electrons. The lowest BCUT2D eigenvalue weighted by molar-refractivity contribution is -0.121. The Kier molecular flexibility index (Phi) is 3.79. The molecule has 7 nitrogen and oxygen atoms in total. The number of carboxylic acid groups (broad SMARTS) is 1. The number of carbonyl (C=O) groups excluding carboxylic acids is 2. The third-order valence-electron chi connectivity index (χ3n) is 2.96. The zero-order chi connectivity index (χ0) is 14.7. The molecular weight excluding hydrogens is 262 g/mol. The predicted molar refractivity (Wildman–Crippen MR) is 71.6 cm³/mol. The number of hydrogen-bond donors (Lipinski definition) is 2. The molecule has 1 aromatic rings. The van der Waals surface area contributed by atoms with E-state index in [9.17, 15) is 14.4 Å². The third-order valence-corrected chi connectivity index (χ3v) is 2.96. The fourth-order valence-corrected chi connectivity index (χ4v) is 1.77. The Hall–Kier alpha value is -2.70. The molecule has 0 aromatic heterocycles. The molecule has 0 spiro atoms. The second-order valence-corrected chi connectivity index (χ2v) is 4.31. The lowest BCUT2D eigenvalue weighted by atomic mass is 10.1. The second-order valence-electron chi connectivity index (χ2n) is 4.31. The van der Waals surface area contributed by atoms with Crippen LogP contribution in [0.15, 0.2) is 29.4 Å². The summed E-state index contributed by atoms with van der Waals surface area (Å²) in [6.07, 6.45) is 0.526. The average Bonchev–Trinajstić information content (AvgIpc) is 2.46. The molecule has 2 amide bonds. The summed E-state index contributed by atoms with van der Waals surface area (Å²) in [5, 5.41) is 12.5. The molecule has 0 aliphatic carbocycles. The summed E-state index contributed by atoms with van der Waals surface area (Å²) in [5.74, 6) is -1.56. The second kappa shape index (κ2) is 5.52. The van der Waals surface area contributed by atoms with Crippen LogP contribution in [0, 0.1) is 0 Å². The van der Waals surface area contributed by atoms with Crippen LogP contribution in [0.4, 0.5) is 5.69 Å². The summed E-state index contributed by atoms with van der Waals surface area (Å²) >= 11 is 0. The molecular formula is C13H13N3O4. The van der Waals surface area contributed by atoms with E-state index in [-0.39, 0.29) is 29.5 Å². The van der Waals surface area contributed by atoms with E-state index in [0.717, 1.165) is 0 Å². The van der Waals surface area contributed by atoms with Crippen molar-refractivity contribution in [2.24, 2.45) is 5.10 Å². The van der Waals surface area contributed by atoms with Crippen LogP contribution in [-0.2, 0) is 9.59 Å². The smallest absolute Gasteiger partial charge is 0.335 e. The van der Waals surface area contributed by atoms with E-state index in [1.807, 2.05) is 0 Å². The van der Waals surface area contributed by atoms with Crippen molar-refractivity contribution in [1.29, 1.82) is 0 Å². The van der Waals surface area contributed by atoms with Crippen LogP contribution in [0.1, 0.15) is 23.2 Å². The van der Waals surface area contributed by atoms with Crippen LogP contribution >= 0.6 is 0 Å². The largest absolute Gasteiger partial charge is 0.478 e. The first-order valence-electron chi connectivity index (χ1n) is 5.96. The highest BCUT2D eigenvalue weighted by molar-refractivity contribution is 6.44. The van der Waals surface area contributed by atoms with Crippen molar-refractivity contribution >= 4 is 29.2 Å². The van der Waals surface area contributed by atoms with Gasteiger partial charge in [0.25, 0.3) is 5.91 Å². The van der Waals surface area contributed by atoms with Gasteiger partial charge in [-0.1, -0.05) is 0 Å². The van der Waals surface area contributed by atoms with E-state index >= 15 is 0 Å². The Balaban J connectivity index is 2.14. The summed E-state index contributed by atoms with van der Waals surface area (Å²) in [6.45, 7) is 0. The van der Waals surface area contributed by atoms with E-state index in [1.54, 1.807) is 19.2 Å². The van der Waals surface area contributed by atoms with Crippen LogP contribution in [-0.4, -0.2) is 35.6 Å². The van der Waals surface area contributed by atoms with Gasteiger partial charge < -0.3 is 10.0 Å². The molecule has 0 atom stereocenters. The molecule has 1 heterocycles. The summed E-state index contributed by atoms with van der Waals surface area (Å²) < 4.78 is 0. The first-order chi connectivity index (χ1) is 9.49. The van der Waals surface area contributed by atoms with Crippen molar-refractivity contribution in [3.8, 4) is 0 Å². The first-order valence-corrected chi connectivity index (χ1v) is 5.96. The predicted octanol–water partition coefficient (Wildman–Crippen LogP) is 0.614. The molecule has 7 heteroatoms. The summed E-state index contributed by atoms with van der Waals surface area (Å²) in [5.41, 5.74) is 3.24. The van der Waals surface area contributed by atoms with Gasteiger partial charge in [-0.15, -0.1) is 0 Å². The fourth-order valence-electron chi connectivity index (χ4n) is 1.77. The number of anilines is 1. The Labute approximate surface area is 114 Å². The van der Waals surface area contributed by atoms with Crippen molar-refractivity contribution < 1.29 is 19.5 Å². The molecule has 104 valence electrons.